The van der Waals surface area contributed by atoms with E-state index in [0.29, 0.717) is 7.25 Å². The molecule has 2 unspecified atom stereocenters. The second-order valence-corrected chi connectivity index (χ2v) is 21.7. The first-order valence-electron chi connectivity index (χ1n) is 17.5. The van der Waals surface area contributed by atoms with Gasteiger partial charge in [-0.05, 0) is 0 Å². The van der Waals surface area contributed by atoms with E-state index in [1.54, 1.807) is 0 Å². The van der Waals surface area contributed by atoms with Crippen molar-refractivity contribution in [2.24, 2.45) is 0 Å². The Balaban J connectivity index is 1.51. The van der Waals surface area contributed by atoms with Gasteiger partial charge in [-0.2, -0.15) is 0 Å². The SMILES string of the molecule is CC(C)(C)c1cc(C2=Cc3ccccc3[CH]2[Zr][CH]2C(c3cc(C(C)(C)C)cc(C(C)(C)C)c3)=Cc3ccccc32)cc(C(C)(C)C)c1. The van der Waals surface area contributed by atoms with Crippen LogP contribution < -0.4 is 0 Å². The zero-order valence-corrected chi connectivity index (χ0v) is 33.4. The molecule has 0 saturated carbocycles. The summed E-state index contributed by atoms with van der Waals surface area (Å²) in [6.07, 6.45) is 5.08. The van der Waals surface area contributed by atoms with E-state index in [1.807, 2.05) is 0 Å². The first-order chi connectivity index (χ1) is 21.8. The van der Waals surface area contributed by atoms with Crippen molar-refractivity contribution >= 4 is 23.3 Å². The number of hydrogen-bond donors (Lipinski definition) is 0. The predicted octanol–water partition coefficient (Wildman–Crippen LogP) is 12.8. The van der Waals surface area contributed by atoms with Crippen LogP contribution in [-0.2, 0) is 44.9 Å². The quantitative estimate of drug-likeness (QED) is 0.199. The molecule has 0 amide bonds. The van der Waals surface area contributed by atoms with E-state index in [-0.39, 0.29) is 21.7 Å². The average Bonchev–Trinajstić information content (AvgIpc) is 3.54. The minimum atomic E-state index is -1.16. The Labute approximate surface area is 297 Å². The van der Waals surface area contributed by atoms with Gasteiger partial charge < -0.3 is 0 Å². The molecule has 47 heavy (non-hydrogen) atoms. The van der Waals surface area contributed by atoms with Crippen LogP contribution >= 0.6 is 0 Å². The van der Waals surface area contributed by atoms with Crippen LogP contribution in [0, 0.1) is 0 Å². The van der Waals surface area contributed by atoms with Gasteiger partial charge in [0.2, 0.25) is 0 Å². The molecule has 0 bridgehead atoms. The van der Waals surface area contributed by atoms with Crippen molar-refractivity contribution in [2.45, 2.75) is 112 Å². The molecule has 242 valence electrons. The summed E-state index contributed by atoms with van der Waals surface area (Å²) in [6, 6.07) is 33.5. The average molecular weight is 698 g/mol. The number of rotatable bonds is 4. The van der Waals surface area contributed by atoms with Gasteiger partial charge in [0.05, 0.1) is 0 Å². The van der Waals surface area contributed by atoms with E-state index >= 15 is 0 Å². The molecule has 6 rings (SSSR count). The molecule has 0 heterocycles. The number of allylic oxidation sites excluding steroid dienone is 2. The summed E-state index contributed by atoms with van der Waals surface area (Å²) in [5, 5.41) is 0. The molecule has 4 aromatic carbocycles. The van der Waals surface area contributed by atoms with E-state index in [0.717, 1.165) is 0 Å². The van der Waals surface area contributed by atoms with E-state index in [9.17, 15) is 0 Å². The maximum atomic E-state index is 2.54. The zero-order chi connectivity index (χ0) is 34.1. The van der Waals surface area contributed by atoms with Gasteiger partial charge in [-0.15, -0.1) is 0 Å². The van der Waals surface area contributed by atoms with Crippen molar-refractivity contribution in [2.75, 3.05) is 0 Å². The second kappa shape index (κ2) is 12.0. The predicted molar refractivity (Wildman–Crippen MR) is 202 cm³/mol. The van der Waals surface area contributed by atoms with E-state index in [4.69, 9.17) is 0 Å². The van der Waals surface area contributed by atoms with E-state index in [1.165, 1.54) is 66.8 Å². The molecule has 0 radical (unpaired) electrons. The molecule has 2 aliphatic rings. The van der Waals surface area contributed by atoms with E-state index in [2.05, 4.69) is 180 Å². The summed E-state index contributed by atoms with van der Waals surface area (Å²) in [5.74, 6) is 0. The summed E-state index contributed by atoms with van der Waals surface area (Å²) in [7, 11) is 0. The van der Waals surface area contributed by atoms with Crippen LogP contribution in [-0.4, -0.2) is 0 Å². The fourth-order valence-corrected chi connectivity index (χ4v) is 12.1. The van der Waals surface area contributed by atoms with Crippen LogP contribution in [0.2, 0.25) is 0 Å². The normalized spacial score (nSPS) is 18.0. The monoisotopic (exact) mass is 696 g/mol. The molecule has 2 aliphatic carbocycles. The number of hydrogen-bond acceptors (Lipinski definition) is 0. The third-order valence-electron chi connectivity index (χ3n) is 10.2. The molecule has 1 heteroatoms. The Morgan fingerprint density at radius 1 is 0.404 bits per heavy atom. The molecule has 0 aliphatic heterocycles. The molecule has 0 aromatic heterocycles. The number of fused-ring (bicyclic) bond motifs is 2. The summed E-state index contributed by atoms with van der Waals surface area (Å²) < 4.78 is 0.954. The van der Waals surface area contributed by atoms with Crippen molar-refractivity contribution in [3.8, 4) is 0 Å². The fraction of sp³-hybridized carbons (Fsp3) is 0.391. The van der Waals surface area contributed by atoms with Crippen LogP contribution in [0.3, 0.4) is 0 Å². The van der Waals surface area contributed by atoms with Gasteiger partial charge in [0.25, 0.3) is 0 Å². The molecule has 0 fully saturated rings. The molecule has 0 N–H and O–H groups in total. The standard InChI is InChI=1S/2C23H27.Zr/c2*1-22(2,3)20-13-19(14-21(15-20)23(4,5)6)18-11-16-9-7-8-10-17(16)12-18;/h2*7-15H,1-6H3;. The zero-order valence-electron chi connectivity index (χ0n) is 30.9. The Kier molecular flexibility index (Phi) is 8.70. The van der Waals surface area contributed by atoms with Gasteiger partial charge >= 0.3 is 299 Å². The Hall–Kier alpha value is -2.76. The second-order valence-electron chi connectivity index (χ2n) is 18.1. The van der Waals surface area contributed by atoms with Crippen LogP contribution in [0.5, 0.6) is 0 Å². The van der Waals surface area contributed by atoms with Crippen molar-refractivity contribution in [1.29, 1.82) is 0 Å². The minimum absolute atomic E-state index is 0.0840. The first-order valence-corrected chi connectivity index (χ1v) is 20.3. The van der Waals surface area contributed by atoms with Crippen molar-refractivity contribution in [3.63, 3.8) is 0 Å². The van der Waals surface area contributed by atoms with Gasteiger partial charge in [0, 0.05) is 0 Å². The maximum absolute atomic E-state index is 2.54. The van der Waals surface area contributed by atoms with E-state index < -0.39 is 23.2 Å². The molecule has 0 nitrogen and oxygen atoms in total. The third kappa shape index (κ3) is 6.90. The van der Waals surface area contributed by atoms with Crippen LogP contribution in [0.15, 0.2) is 84.9 Å². The molecular formula is C46H54Zr. The van der Waals surface area contributed by atoms with Gasteiger partial charge in [-0.25, -0.2) is 0 Å². The fourth-order valence-electron chi connectivity index (χ4n) is 6.99. The van der Waals surface area contributed by atoms with Crippen LogP contribution in [0.25, 0.3) is 23.3 Å². The Morgan fingerprint density at radius 2 is 0.702 bits per heavy atom. The van der Waals surface area contributed by atoms with Gasteiger partial charge in [-0.1, -0.05) is 0 Å². The summed E-state index contributed by atoms with van der Waals surface area (Å²) in [4.78, 5) is 0. The van der Waals surface area contributed by atoms with Crippen molar-refractivity contribution in [1.82, 2.24) is 0 Å². The van der Waals surface area contributed by atoms with Crippen LogP contribution in [0.4, 0.5) is 0 Å². The molecule has 0 saturated heterocycles. The topological polar surface area (TPSA) is 0 Å². The van der Waals surface area contributed by atoms with Crippen molar-refractivity contribution in [3.05, 3.63) is 141 Å². The van der Waals surface area contributed by atoms with Crippen molar-refractivity contribution < 1.29 is 23.2 Å². The summed E-state index contributed by atoms with van der Waals surface area (Å²) >= 11 is -1.16. The molecular weight excluding hydrogens is 644 g/mol. The Morgan fingerprint density at radius 3 is 1.00 bits per heavy atom. The molecule has 4 aromatic rings. The van der Waals surface area contributed by atoms with Gasteiger partial charge in [0.1, 0.15) is 0 Å². The molecule has 2 atom stereocenters. The number of benzene rings is 4. The Bertz CT molecular complexity index is 1680. The third-order valence-corrected chi connectivity index (χ3v) is 14.9. The molecule has 0 spiro atoms. The first kappa shape index (κ1) is 34.1. The van der Waals surface area contributed by atoms with Gasteiger partial charge in [0.15, 0.2) is 0 Å². The summed E-state index contributed by atoms with van der Waals surface area (Å²) in [6.45, 7) is 28.3. The van der Waals surface area contributed by atoms with Gasteiger partial charge in [-0.3, -0.25) is 0 Å². The summed E-state index contributed by atoms with van der Waals surface area (Å²) in [5.41, 5.74) is 17.9. The van der Waals surface area contributed by atoms with Crippen LogP contribution in [0.1, 0.15) is 146 Å².